The minimum absolute atomic E-state index is 0.0855. The molecule has 3 heteroatoms. The van der Waals surface area contributed by atoms with Crippen LogP contribution < -0.4 is 4.74 Å². The summed E-state index contributed by atoms with van der Waals surface area (Å²) in [5.74, 6) is 0.831. The molecule has 126 valence electrons. The number of rotatable bonds is 0. The second-order valence-corrected chi connectivity index (χ2v) is 9.21. The lowest BCUT2D eigenvalue weighted by Crippen LogP contribution is -2.37. The van der Waals surface area contributed by atoms with E-state index in [1.807, 2.05) is 19.9 Å². The van der Waals surface area contributed by atoms with E-state index in [-0.39, 0.29) is 16.4 Å². The third kappa shape index (κ3) is 2.14. The van der Waals surface area contributed by atoms with Gasteiger partial charge in [0.25, 0.3) is 5.69 Å². The van der Waals surface area contributed by atoms with Crippen molar-refractivity contribution in [1.82, 2.24) is 0 Å². The smallest absolute Gasteiger partial charge is 0.269 e. The van der Waals surface area contributed by atoms with E-state index < -0.39 is 0 Å². The number of allylic oxidation sites excluding steroid dienone is 2. The van der Waals surface area contributed by atoms with Crippen LogP contribution in [-0.4, -0.2) is 21.3 Å². The van der Waals surface area contributed by atoms with Gasteiger partial charge in [-0.05, 0) is 51.7 Å². The van der Waals surface area contributed by atoms with Gasteiger partial charge in [-0.2, -0.15) is 0 Å². The topological polar surface area (TPSA) is 32.5 Å². The minimum Gasteiger partial charge on any atom is -0.483 e. The first-order valence-electron chi connectivity index (χ1n) is 8.66. The van der Waals surface area contributed by atoms with Crippen LogP contribution in [0.1, 0.15) is 59.1 Å². The van der Waals surface area contributed by atoms with Gasteiger partial charge >= 0.3 is 0 Å². The number of ether oxygens (including phenoxy) is 1. The van der Waals surface area contributed by atoms with Gasteiger partial charge in [-0.15, -0.1) is 0 Å². The molecule has 0 unspecified atom stereocenters. The second-order valence-electron chi connectivity index (χ2n) is 9.21. The normalized spacial score (nSPS) is 24.7. The highest BCUT2D eigenvalue weighted by Gasteiger charge is 2.51. The molecule has 24 heavy (non-hydrogen) atoms. The highest BCUT2D eigenvalue weighted by molar-refractivity contribution is 6.27. The molecule has 0 saturated carbocycles. The van der Waals surface area contributed by atoms with E-state index in [4.69, 9.17) is 4.74 Å². The molecule has 0 aromatic heterocycles. The lowest BCUT2D eigenvalue weighted by molar-refractivity contribution is -0.712. The quantitative estimate of drug-likeness (QED) is 0.525. The molecule has 1 N–H and O–H groups in total. The van der Waals surface area contributed by atoms with Gasteiger partial charge in [0, 0.05) is 10.3 Å². The number of hydrogen-bond donors (Lipinski definition) is 1. The van der Waals surface area contributed by atoms with E-state index in [9.17, 15) is 5.21 Å². The Labute approximate surface area is 143 Å². The zero-order chi connectivity index (χ0) is 17.5. The molecule has 2 heterocycles. The molecule has 1 aromatic rings. The Kier molecular flexibility index (Phi) is 2.79. The summed E-state index contributed by atoms with van der Waals surface area (Å²) in [6.07, 6.45) is 7.53. The van der Waals surface area contributed by atoms with Gasteiger partial charge in [-0.1, -0.05) is 26.0 Å². The van der Waals surface area contributed by atoms with E-state index in [0.29, 0.717) is 0 Å². The molecule has 4 rings (SSSR count). The molecule has 0 atom stereocenters. The van der Waals surface area contributed by atoms with Gasteiger partial charge in [0.15, 0.2) is 0 Å². The molecule has 0 spiro atoms. The Hall–Kier alpha value is -2.03. The van der Waals surface area contributed by atoms with E-state index in [1.165, 1.54) is 4.74 Å². The zero-order valence-corrected chi connectivity index (χ0v) is 15.4. The molecule has 1 aromatic carbocycles. The molecule has 3 nitrogen and oxygen atoms in total. The largest absolute Gasteiger partial charge is 0.483 e. The van der Waals surface area contributed by atoms with Crippen molar-refractivity contribution in [3.8, 4) is 5.75 Å². The van der Waals surface area contributed by atoms with E-state index >= 15 is 0 Å². The fourth-order valence-corrected chi connectivity index (χ4v) is 4.63. The van der Waals surface area contributed by atoms with Crippen LogP contribution >= 0.6 is 0 Å². The van der Waals surface area contributed by atoms with Gasteiger partial charge in [-0.3, -0.25) is 5.21 Å². The molecule has 0 radical (unpaired) electrons. The third-order valence-corrected chi connectivity index (χ3v) is 5.22. The molecule has 1 aliphatic carbocycles. The molecule has 3 aliphatic rings. The predicted octanol–water partition coefficient (Wildman–Crippen LogP) is 5.20. The highest BCUT2D eigenvalue weighted by Crippen LogP contribution is 2.51. The summed E-state index contributed by atoms with van der Waals surface area (Å²) < 4.78 is 7.47. The Morgan fingerprint density at radius 3 is 2.50 bits per heavy atom. The maximum absolute atomic E-state index is 10.9. The van der Waals surface area contributed by atoms with Crippen molar-refractivity contribution in [2.45, 2.75) is 53.6 Å². The number of benzene rings is 1. The fraction of sp³-hybridized carbons (Fsp3) is 0.476. The van der Waals surface area contributed by atoms with E-state index in [0.717, 1.165) is 40.3 Å². The molecule has 0 bridgehead atoms. The second kappa shape index (κ2) is 4.33. The van der Waals surface area contributed by atoms with Crippen LogP contribution in [0, 0.1) is 10.8 Å². The van der Waals surface area contributed by atoms with Crippen LogP contribution in [0.5, 0.6) is 5.75 Å². The molecule has 0 saturated heterocycles. The fourth-order valence-electron chi connectivity index (χ4n) is 4.63. The van der Waals surface area contributed by atoms with Gasteiger partial charge in [0.1, 0.15) is 11.4 Å². The van der Waals surface area contributed by atoms with Crippen molar-refractivity contribution in [2.75, 3.05) is 0 Å². The summed E-state index contributed by atoms with van der Waals surface area (Å²) in [6, 6.07) is 4.13. The summed E-state index contributed by atoms with van der Waals surface area (Å²) in [7, 11) is 0. The first-order valence-corrected chi connectivity index (χ1v) is 8.66. The van der Waals surface area contributed by atoms with Crippen LogP contribution in [0.3, 0.4) is 0 Å². The van der Waals surface area contributed by atoms with Gasteiger partial charge < -0.3 is 4.74 Å². The lowest BCUT2D eigenvalue weighted by atomic mass is 9.65. The average molecular weight is 324 g/mol. The number of nitrogens with zero attached hydrogens (tertiary/aromatic N) is 1. The van der Waals surface area contributed by atoms with Crippen molar-refractivity contribution in [2.24, 2.45) is 10.8 Å². The van der Waals surface area contributed by atoms with Crippen molar-refractivity contribution in [3.63, 3.8) is 0 Å². The maximum Gasteiger partial charge on any atom is 0.269 e. The van der Waals surface area contributed by atoms with Crippen LogP contribution in [0.25, 0.3) is 11.6 Å². The minimum atomic E-state index is -0.319. The third-order valence-electron chi connectivity index (χ3n) is 5.22. The van der Waals surface area contributed by atoms with Crippen molar-refractivity contribution in [3.05, 3.63) is 35.4 Å². The Morgan fingerprint density at radius 1 is 1.08 bits per heavy atom. The van der Waals surface area contributed by atoms with Gasteiger partial charge in [0.05, 0.1) is 22.6 Å². The average Bonchev–Trinajstić information content (AvgIpc) is 2.66. The monoisotopic (exact) mass is 324 g/mol. The summed E-state index contributed by atoms with van der Waals surface area (Å²) in [4.78, 5) is 0. The lowest BCUT2D eigenvalue weighted by Gasteiger charge is -2.35. The van der Waals surface area contributed by atoms with Crippen LogP contribution in [0.15, 0.2) is 24.3 Å². The summed E-state index contributed by atoms with van der Waals surface area (Å²) in [5, 5.41) is 10.9. The Balaban J connectivity index is 1.96. The Bertz CT molecular complexity index is 851. The van der Waals surface area contributed by atoms with Crippen molar-refractivity contribution >= 4 is 23.0 Å². The summed E-state index contributed by atoms with van der Waals surface area (Å²) in [6.45, 7) is 13.0. The summed E-state index contributed by atoms with van der Waals surface area (Å²) in [5.41, 5.74) is 4.86. The van der Waals surface area contributed by atoms with Crippen LogP contribution in [0.2, 0.25) is 0 Å². The summed E-state index contributed by atoms with van der Waals surface area (Å²) >= 11 is 0. The zero-order valence-electron chi connectivity index (χ0n) is 15.4. The Morgan fingerprint density at radius 2 is 1.79 bits per heavy atom. The SMILES string of the molecule is CC1(C)C=C2C(=[N+](O)c3cc4c(cc32)C=CC(C)(C)O4)C(C)(C)C1. The van der Waals surface area contributed by atoms with E-state index in [1.54, 1.807) is 0 Å². The number of hydrogen-bond acceptors (Lipinski definition) is 2. The van der Waals surface area contributed by atoms with Gasteiger partial charge in [0.2, 0.25) is 5.71 Å². The van der Waals surface area contributed by atoms with Crippen LogP contribution in [-0.2, 0) is 0 Å². The molecule has 0 amide bonds. The molecular weight excluding hydrogens is 298 g/mol. The molecule has 0 fully saturated rings. The first kappa shape index (κ1) is 15.5. The van der Waals surface area contributed by atoms with Crippen molar-refractivity contribution in [1.29, 1.82) is 0 Å². The predicted molar refractivity (Wildman–Crippen MR) is 97.1 cm³/mol. The van der Waals surface area contributed by atoms with E-state index in [2.05, 4.69) is 52.0 Å². The number of fused-ring (bicyclic) bond motifs is 4. The van der Waals surface area contributed by atoms with Crippen molar-refractivity contribution < 1.29 is 14.7 Å². The first-order chi connectivity index (χ1) is 11.0. The van der Waals surface area contributed by atoms with Crippen LogP contribution in [0.4, 0.5) is 5.69 Å². The maximum atomic E-state index is 10.9. The standard InChI is InChI=1S/C21H26NO2/c1-19(2)11-15-14-9-13-7-8-21(5,6)24-17(13)10-16(14)22(23)18(15)20(3,4)12-19/h7-11,23H,12H2,1-6H3/q+1. The molecule has 2 aliphatic heterocycles. The van der Waals surface area contributed by atoms with Gasteiger partial charge in [-0.25, -0.2) is 0 Å². The molecular formula is C21H26NO2+. The highest BCUT2D eigenvalue weighted by atomic mass is 16.5.